The first kappa shape index (κ1) is 31.7. The first-order valence-electron chi connectivity index (χ1n) is 14.2. The Balaban J connectivity index is 0.000000226. The minimum atomic E-state index is -0.929. The number of halogens is 4. The number of rotatable bonds is 11. The molecular weight excluding hydrogens is 528 g/mol. The molecule has 0 saturated carbocycles. The normalized spacial score (nSPS) is 10.6. The molecule has 0 amide bonds. The maximum atomic E-state index is 14.2. The molecule has 0 fully saturated rings. The highest BCUT2D eigenvalue weighted by molar-refractivity contribution is 5.66. The Morgan fingerprint density at radius 1 is 0.463 bits per heavy atom. The van der Waals surface area contributed by atoms with Gasteiger partial charge in [-0.25, -0.2) is 8.78 Å². The quantitative estimate of drug-likeness (QED) is 0.168. The van der Waals surface area contributed by atoms with E-state index >= 15 is 0 Å². The van der Waals surface area contributed by atoms with Gasteiger partial charge in [0, 0.05) is 11.1 Å². The van der Waals surface area contributed by atoms with Crippen molar-refractivity contribution in [1.82, 2.24) is 0 Å². The van der Waals surface area contributed by atoms with Crippen LogP contribution in [0.5, 0.6) is 11.5 Å². The highest BCUT2D eigenvalue weighted by Gasteiger charge is 2.16. The Kier molecular flexibility index (Phi) is 12.3. The van der Waals surface area contributed by atoms with Crippen molar-refractivity contribution >= 4 is 0 Å². The Bertz CT molecular complexity index is 1380. The molecule has 2 nitrogen and oxygen atoms in total. The molecule has 6 heteroatoms. The van der Waals surface area contributed by atoms with E-state index in [9.17, 15) is 17.6 Å². The fourth-order valence-electron chi connectivity index (χ4n) is 4.38. The van der Waals surface area contributed by atoms with Crippen molar-refractivity contribution in [3.05, 3.63) is 107 Å². The standard InChI is InChI=1S/C18H20F2O.C17H18F2O/c1-3-5-13-6-8-14(9-7-13)15-10-11-16(21-12-4-2)18(20)17(15)19;1-3-5-12-6-8-13(9-7-12)14-10-11-15(20-4-2)17(19)16(14)18/h6-11H,3-5,12H2,1-2H3;6-11H,3-5H2,1-2H3. The number of hydrogen-bond donors (Lipinski definition) is 0. The van der Waals surface area contributed by atoms with E-state index in [0.717, 1.165) is 32.1 Å². The molecule has 41 heavy (non-hydrogen) atoms. The first-order chi connectivity index (χ1) is 19.8. The van der Waals surface area contributed by atoms with Crippen LogP contribution in [0.2, 0.25) is 0 Å². The topological polar surface area (TPSA) is 18.5 Å². The van der Waals surface area contributed by atoms with Crippen molar-refractivity contribution in [1.29, 1.82) is 0 Å². The summed E-state index contributed by atoms with van der Waals surface area (Å²) in [4.78, 5) is 0. The molecule has 0 radical (unpaired) electrons. The minimum Gasteiger partial charge on any atom is -0.491 e. The zero-order valence-corrected chi connectivity index (χ0v) is 24.2. The summed E-state index contributed by atoms with van der Waals surface area (Å²) >= 11 is 0. The van der Waals surface area contributed by atoms with Crippen molar-refractivity contribution in [2.45, 2.75) is 59.8 Å². The van der Waals surface area contributed by atoms with Crippen LogP contribution in [0.3, 0.4) is 0 Å². The molecule has 0 N–H and O–H groups in total. The van der Waals surface area contributed by atoms with Crippen molar-refractivity contribution in [3.8, 4) is 33.8 Å². The van der Waals surface area contributed by atoms with Gasteiger partial charge in [0.1, 0.15) is 0 Å². The van der Waals surface area contributed by atoms with E-state index in [1.807, 2.05) is 55.5 Å². The van der Waals surface area contributed by atoms with E-state index in [4.69, 9.17) is 9.47 Å². The summed E-state index contributed by atoms with van der Waals surface area (Å²) in [6.07, 6.45) is 4.85. The molecule has 0 bridgehead atoms. The van der Waals surface area contributed by atoms with Crippen LogP contribution in [-0.4, -0.2) is 13.2 Å². The lowest BCUT2D eigenvalue weighted by molar-refractivity contribution is 0.295. The zero-order valence-electron chi connectivity index (χ0n) is 24.2. The second-order valence-corrected chi connectivity index (χ2v) is 9.65. The number of ether oxygens (including phenoxy) is 2. The largest absolute Gasteiger partial charge is 0.491 e. The van der Waals surface area contributed by atoms with Crippen molar-refractivity contribution in [2.24, 2.45) is 0 Å². The third-order valence-corrected chi connectivity index (χ3v) is 6.46. The second-order valence-electron chi connectivity index (χ2n) is 9.65. The number of benzene rings is 4. The average Bonchev–Trinajstić information content (AvgIpc) is 2.98. The molecule has 4 aromatic carbocycles. The van der Waals surface area contributed by atoms with Gasteiger partial charge in [-0.1, -0.05) is 82.1 Å². The zero-order chi connectivity index (χ0) is 29.8. The summed E-state index contributed by atoms with van der Waals surface area (Å²) < 4.78 is 66.3. The molecule has 4 aromatic rings. The summed E-state index contributed by atoms with van der Waals surface area (Å²) in [5.41, 5.74) is 4.26. The fraction of sp³-hybridized carbons (Fsp3) is 0.314. The summed E-state index contributed by atoms with van der Waals surface area (Å²) in [5, 5.41) is 0. The second kappa shape index (κ2) is 15.8. The molecule has 0 heterocycles. The van der Waals surface area contributed by atoms with Gasteiger partial charge in [0.15, 0.2) is 23.1 Å². The Labute approximate surface area is 241 Å². The van der Waals surface area contributed by atoms with Gasteiger partial charge in [0.2, 0.25) is 11.6 Å². The van der Waals surface area contributed by atoms with Crippen LogP contribution in [0.15, 0.2) is 72.8 Å². The van der Waals surface area contributed by atoms with E-state index in [1.165, 1.54) is 23.3 Å². The van der Waals surface area contributed by atoms with Gasteiger partial charge in [-0.3, -0.25) is 0 Å². The van der Waals surface area contributed by atoms with Gasteiger partial charge in [-0.05, 0) is 72.7 Å². The average molecular weight is 567 g/mol. The van der Waals surface area contributed by atoms with Gasteiger partial charge in [0.25, 0.3) is 0 Å². The lowest BCUT2D eigenvalue weighted by Gasteiger charge is -2.10. The third-order valence-electron chi connectivity index (χ3n) is 6.46. The molecule has 0 saturated heterocycles. The van der Waals surface area contributed by atoms with Crippen LogP contribution >= 0.6 is 0 Å². The molecule has 0 aliphatic carbocycles. The molecule has 0 atom stereocenters. The maximum Gasteiger partial charge on any atom is 0.201 e. The van der Waals surface area contributed by atoms with Crippen LogP contribution < -0.4 is 9.47 Å². The molecule has 4 rings (SSSR count). The SMILES string of the molecule is CCCOc1ccc(-c2ccc(CCC)cc2)c(F)c1F.CCCc1ccc(-c2ccc(OCC)c(F)c2F)cc1. The Morgan fingerprint density at radius 2 is 0.878 bits per heavy atom. The molecule has 0 unspecified atom stereocenters. The smallest absolute Gasteiger partial charge is 0.201 e. The van der Waals surface area contributed by atoms with Gasteiger partial charge in [-0.2, -0.15) is 8.78 Å². The summed E-state index contributed by atoms with van der Waals surface area (Å²) in [6, 6.07) is 21.2. The molecule has 0 aromatic heterocycles. The summed E-state index contributed by atoms with van der Waals surface area (Å²) in [7, 11) is 0. The van der Waals surface area contributed by atoms with Crippen molar-refractivity contribution < 1.29 is 27.0 Å². The molecule has 0 aliphatic rings. The summed E-state index contributed by atoms with van der Waals surface area (Å²) in [5.74, 6) is -3.64. The molecular formula is C35H38F4O2. The Morgan fingerprint density at radius 3 is 1.24 bits per heavy atom. The minimum absolute atomic E-state index is 0.0271. The molecule has 0 aliphatic heterocycles. The van der Waals surface area contributed by atoms with Crippen molar-refractivity contribution in [2.75, 3.05) is 13.2 Å². The van der Waals surface area contributed by atoms with E-state index in [2.05, 4.69) is 13.8 Å². The monoisotopic (exact) mass is 566 g/mol. The third kappa shape index (κ3) is 8.35. The van der Waals surface area contributed by atoms with Crippen LogP contribution in [0.25, 0.3) is 22.3 Å². The van der Waals surface area contributed by atoms with Gasteiger partial charge in [-0.15, -0.1) is 0 Å². The van der Waals surface area contributed by atoms with Crippen LogP contribution in [0.4, 0.5) is 17.6 Å². The van der Waals surface area contributed by atoms with Gasteiger partial charge >= 0.3 is 0 Å². The van der Waals surface area contributed by atoms with Crippen molar-refractivity contribution in [3.63, 3.8) is 0 Å². The lowest BCUT2D eigenvalue weighted by Crippen LogP contribution is -2.00. The highest BCUT2D eigenvalue weighted by atomic mass is 19.2. The maximum absolute atomic E-state index is 14.2. The predicted octanol–water partition coefficient (Wildman–Crippen LogP) is 10.4. The van der Waals surface area contributed by atoms with E-state index < -0.39 is 23.3 Å². The van der Waals surface area contributed by atoms with Gasteiger partial charge < -0.3 is 9.47 Å². The van der Waals surface area contributed by atoms with E-state index in [1.54, 1.807) is 19.1 Å². The molecule has 218 valence electrons. The fourth-order valence-corrected chi connectivity index (χ4v) is 4.38. The van der Waals surface area contributed by atoms with Crippen LogP contribution in [0.1, 0.15) is 58.1 Å². The first-order valence-corrected chi connectivity index (χ1v) is 14.2. The predicted molar refractivity (Wildman–Crippen MR) is 159 cm³/mol. The molecule has 0 spiro atoms. The van der Waals surface area contributed by atoms with E-state index in [-0.39, 0.29) is 22.6 Å². The highest BCUT2D eigenvalue weighted by Crippen LogP contribution is 2.31. The van der Waals surface area contributed by atoms with Crippen LogP contribution in [-0.2, 0) is 12.8 Å². The number of hydrogen-bond acceptors (Lipinski definition) is 2. The summed E-state index contributed by atoms with van der Waals surface area (Å²) in [6.45, 7) is 8.55. The Hall–Kier alpha value is -3.80. The van der Waals surface area contributed by atoms with E-state index in [0.29, 0.717) is 24.3 Å². The lowest BCUT2D eigenvalue weighted by atomic mass is 10.0. The number of aryl methyl sites for hydroxylation is 2. The van der Waals surface area contributed by atoms with Crippen LogP contribution in [0, 0.1) is 23.3 Å². The van der Waals surface area contributed by atoms with Gasteiger partial charge in [0.05, 0.1) is 13.2 Å².